The van der Waals surface area contributed by atoms with Gasteiger partial charge in [-0.15, -0.1) is 0 Å². The lowest BCUT2D eigenvalue weighted by atomic mass is 10.1. The Morgan fingerprint density at radius 1 is 1.17 bits per heavy atom. The Kier molecular flexibility index (Phi) is 4.95. The zero-order valence-corrected chi connectivity index (χ0v) is 13.0. The fraction of sp³-hybridized carbons (Fsp3) is 0.111. The van der Waals surface area contributed by atoms with Gasteiger partial charge in [-0.1, -0.05) is 12.1 Å². The van der Waals surface area contributed by atoms with E-state index in [1.54, 1.807) is 24.7 Å². The third kappa shape index (κ3) is 3.84. The van der Waals surface area contributed by atoms with Gasteiger partial charge in [0.05, 0.1) is 11.4 Å². The average Bonchev–Trinajstić information content (AvgIpc) is 2.65. The Morgan fingerprint density at radius 3 is 2.88 bits per heavy atom. The Bertz CT molecular complexity index is 830. The summed E-state index contributed by atoms with van der Waals surface area (Å²) < 4.78 is 0. The van der Waals surface area contributed by atoms with E-state index in [0.717, 1.165) is 17.8 Å². The molecule has 6 nitrogen and oxygen atoms in total. The molecule has 2 N–H and O–H groups in total. The smallest absolute Gasteiger partial charge is 0.223 e. The van der Waals surface area contributed by atoms with Crippen LogP contribution in [0.25, 0.3) is 5.57 Å². The maximum Gasteiger partial charge on any atom is 0.223 e. The number of hydrogen-bond donors (Lipinski definition) is 2. The van der Waals surface area contributed by atoms with Crippen LogP contribution in [0, 0.1) is 11.3 Å². The van der Waals surface area contributed by atoms with Gasteiger partial charge in [0.15, 0.2) is 0 Å². The van der Waals surface area contributed by atoms with Crippen molar-refractivity contribution in [2.45, 2.75) is 6.42 Å². The van der Waals surface area contributed by atoms with Crippen LogP contribution in [0.3, 0.4) is 0 Å². The summed E-state index contributed by atoms with van der Waals surface area (Å²) in [5.74, 6) is 0.493. The molecule has 1 aliphatic heterocycles. The molecule has 0 aromatic carbocycles. The summed E-state index contributed by atoms with van der Waals surface area (Å²) in [7, 11) is 0. The average molecular weight is 316 g/mol. The molecule has 0 saturated carbocycles. The topological polar surface area (TPSA) is 86.5 Å². The molecular weight excluding hydrogens is 300 g/mol. The van der Waals surface area contributed by atoms with E-state index in [0.29, 0.717) is 23.8 Å². The second-order valence-corrected chi connectivity index (χ2v) is 5.03. The van der Waals surface area contributed by atoms with Crippen LogP contribution >= 0.6 is 0 Å². The summed E-state index contributed by atoms with van der Waals surface area (Å²) in [6.45, 7) is 0.666. The fourth-order valence-electron chi connectivity index (χ4n) is 2.24. The first kappa shape index (κ1) is 15.4. The maximum atomic E-state index is 9.45. The fourth-order valence-corrected chi connectivity index (χ4v) is 2.24. The predicted octanol–water partition coefficient (Wildman–Crippen LogP) is 2.43. The van der Waals surface area contributed by atoms with Crippen LogP contribution in [0.5, 0.6) is 0 Å². The lowest BCUT2D eigenvalue weighted by molar-refractivity contribution is 0.939. The summed E-state index contributed by atoms with van der Waals surface area (Å²) in [5.41, 5.74) is 2.78. The van der Waals surface area contributed by atoms with Crippen molar-refractivity contribution in [1.82, 2.24) is 20.3 Å². The SMILES string of the molecule is N#C/C(=C1\C=CC=CN1)c1ccnc(NCCc2ccccn2)n1. The molecule has 3 rings (SSSR count). The summed E-state index contributed by atoms with van der Waals surface area (Å²) in [6, 6.07) is 9.76. The minimum Gasteiger partial charge on any atom is -0.361 e. The minimum absolute atomic E-state index is 0.478. The summed E-state index contributed by atoms with van der Waals surface area (Å²) in [4.78, 5) is 12.9. The molecule has 0 aliphatic carbocycles. The van der Waals surface area contributed by atoms with Crippen LogP contribution in [-0.2, 0) is 6.42 Å². The molecule has 0 spiro atoms. The summed E-state index contributed by atoms with van der Waals surface area (Å²) in [5, 5.41) is 15.7. The molecule has 0 bridgehead atoms. The number of rotatable bonds is 5. The van der Waals surface area contributed by atoms with Crippen LogP contribution in [0.1, 0.15) is 11.4 Å². The van der Waals surface area contributed by atoms with Gasteiger partial charge in [0.25, 0.3) is 0 Å². The van der Waals surface area contributed by atoms with E-state index >= 15 is 0 Å². The lowest BCUT2D eigenvalue weighted by Gasteiger charge is -2.10. The Labute approximate surface area is 140 Å². The van der Waals surface area contributed by atoms with E-state index in [-0.39, 0.29) is 0 Å². The highest BCUT2D eigenvalue weighted by atomic mass is 15.1. The van der Waals surface area contributed by atoms with Crippen LogP contribution in [0.2, 0.25) is 0 Å². The molecule has 0 unspecified atom stereocenters. The standard InChI is InChI=1S/C18H16N6/c19-13-15(16-6-2-4-10-21-16)17-8-12-23-18(24-17)22-11-7-14-5-1-3-9-20-14/h1-6,8-10,12,21H,7,11H2,(H,22,23,24)/b16-15-. The summed E-state index contributed by atoms with van der Waals surface area (Å²) >= 11 is 0. The molecule has 2 aromatic rings. The quantitative estimate of drug-likeness (QED) is 0.824. The highest BCUT2D eigenvalue weighted by Crippen LogP contribution is 2.17. The van der Waals surface area contributed by atoms with Gasteiger partial charge < -0.3 is 10.6 Å². The number of pyridine rings is 1. The number of allylic oxidation sites excluding steroid dienone is 4. The molecule has 0 atom stereocenters. The second kappa shape index (κ2) is 7.70. The Hall–Kier alpha value is -3.46. The molecule has 3 heterocycles. The zero-order valence-electron chi connectivity index (χ0n) is 13.0. The van der Waals surface area contributed by atoms with Crippen molar-refractivity contribution >= 4 is 11.5 Å². The van der Waals surface area contributed by atoms with Crippen molar-refractivity contribution < 1.29 is 0 Å². The molecule has 0 saturated heterocycles. The van der Waals surface area contributed by atoms with E-state index in [2.05, 4.69) is 31.7 Å². The van der Waals surface area contributed by atoms with Crippen molar-refractivity contribution in [2.75, 3.05) is 11.9 Å². The molecule has 6 heteroatoms. The number of nitriles is 1. The lowest BCUT2D eigenvalue weighted by Crippen LogP contribution is -2.11. The van der Waals surface area contributed by atoms with Gasteiger partial charge in [-0.25, -0.2) is 9.97 Å². The molecule has 2 aromatic heterocycles. The van der Waals surface area contributed by atoms with Gasteiger partial charge in [0.2, 0.25) is 5.95 Å². The van der Waals surface area contributed by atoms with Crippen molar-refractivity contribution in [3.63, 3.8) is 0 Å². The van der Waals surface area contributed by atoms with Crippen LogP contribution in [-0.4, -0.2) is 21.5 Å². The zero-order chi connectivity index (χ0) is 16.6. The Morgan fingerprint density at radius 2 is 2.12 bits per heavy atom. The molecule has 24 heavy (non-hydrogen) atoms. The highest BCUT2D eigenvalue weighted by molar-refractivity contribution is 5.79. The largest absolute Gasteiger partial charge is 0.361 e. The maximum absolute atomic E-state index is 9.45. The van der Waals surface area contributed by atoms with Gasteiger partial charge in [0, 0.05) is 37.3 Å². The molecular formula is C18H16N6. The first-order valence-corrected chi connectivity index (χ1v) is 7.58. The van der Waals surface area contributed by atoms with Crippen molar-refractivity contribution in [1.29, 1.82) is 5.26 Å². The van der Waals surface area contributed by atoms with Crippen molar-refractivity contribution in [3.05, 3.63) is 78.2 Å². The van der Waals surface area contributed by atoms with Gasteiger partial charge in [-0.2, -0.15) is 5.26 Å². The molecule has 1 aliphatic rings. The van der Waals surface area contributed by atoms with E-state index < -0.39 is 0 Å². The number of dihydropyridines is 1. The normalized spacial score (nSPS) is 14.6. The molecule has 118 valence electrons. The van der Waals surface area contributed by atoms with Crippen molar-refractivity contribution in [3.8, 4) is 6.07 Å². The number of nitrogens with zero attached hydrogens (tertiary/aromatic N) is 4. The van der Waals surface area contributed by atoms with E-state index in [1.165, 1.54) is 0 Å². The number of anilines is 1. The summed E-state index contributed by atoms with van der Waals surface area (Å²) in [6.07, 6.45) is 11.5. The minimum atomic E-state index is 0.478. The van der Waals surface area contributed by atoms with E-state index in [9.17, 15) is 5.26 Å². The number of hydrogen-bond acceptors (Lipinski definition) is 6. The van der Waals surface area contributed by atoms with Gasteiger partial charge in [0.1, 0.15) is 11.6 Å². The van der Waals surface area contributed by atoms with E-state index in [1.807, 2.05) is 36.4 Å². The van der Waals surface area contributed by atoms with Crippen LogP contribution in [0.4, 0.5) is 5.95 Å². The number of aromatic nitrogens is 3. The van der Waals surface area contributed by atoms with Gasteiger partial charge >= 0.3 is 0 Å². The monoisotopic (exact) mass is 316 g/mol. The third-order valence-corrected chi connectivity index (χ3v) is 3.39. The first-order chi connectivity index (χ1) is 11.9. The van der Waals surface area contributed by atoms with Gasteiger partial charge in [-0.3, -0.25) is 4.98 Å². The predicted molar refractivity (Wildman–Crippen MR) is 92.4 cm³/mol. The molecule has 0 fully saturated rings. The second-order valence-electron chi connectivity index (χ2n) is 5.03. The van der Waals surface area contributed by atoms with Gasteiger partial charge in [-0.05, 0) is 30.4 Å². The first-order valence-electron chi connectivity index (χ1n) is 7.58. The molecule has 0 radical (unpaired) electrons. The van der Waals surface area contributed by atoms with Crippen LogP contribution < -0.4 is 10.6 Å². The third-order valence-electron chi connectivity index (χ3n) is 3.39. The Balaban J connectivity index is 1.71. The number of nitrogens with one attached hydrogen (secondary N) is 2. The highest BCUT2D eigenvalue weighted by Gasteiger charge is 2.10. The van der Waals surface area contributed by atoms with Crippen molar-refractivity contribution in [2.24, 2.45) is 0 Å². The molecule has 0 amide bonds. The van der Waals surface area contributed by atoms with E-state index in [4.69, 9.17) is 0 Å². The van der Waals surface area contributed by atoms with Crippen LogP contribution in [0.15, 0.2) is 66.8 Å².